The average molecular weight is 325 g/mol. The number of amides is 1. The molecule has 1 aromatic carbocycles. The Morgan fingerprint density at radius 3 is 2.62 bits per heavy atom. The number of benzene rings is 1. The van der Waals surface area contributed by atoms with Gasteiger partial charge in [-0.1, -0.05) is 39.0 Å². The summed E-state index contributed by atoms with van der Waals surface area (Å²) in [5.41, 5.74) is 3.68. The van der Waals surface area contributed by atoms with Crippen molar-refractivity contribution in [2.75, 3.05) is 17.2 Å². The van der Waals surface area contributed by atoms with Crippen LogP contribution in [0.15, 0.2) is 36.5 Å². The predicted molar refractivity (Wildman–Crippen MR) is 101 cm³/mol. The number of aromatic nitrogens is 1. The molecule has 0 bridgehead atoms. The molecule has 0 aliphatic heterocycles. The molecule has 0 unspecified atom stereocenters. The summed E-state index contributed by atoms with van der Waals surface area (Å²) in [5, 5.41) is 6.30. The Morgan fingerprint density at radius 1 is 1.21 bits per heavy atom. The first-order valence-electron chi connectivity index (χ1n) is 8.61. The minimum Gasteiger partial charge on any atom is -0.370 e. The van der Waals surface area contributed by atoms with Crippen LogP contribution in [0.1, 0.15) is 48.7 Å². The van der Waals surface area contributed by atoms with E-state index in [9.17, 15) is 4.79 Å². The first-order chi connectivity index (χ1) is 11.5. The smallest absolute Gasteiger partial charge is 0.257 e. The molecule has 128 valence electrons. The molecule has 4 heteroatoms. The number of nitrogens with one attached hydrogen (secondary N) is 2. The highest BCUT2D eigenvalue weighted by atomic mass is 16.1. The lowest BCUT2D eigenvalue weighted by atomic mass is 10.1. The number of nitrogens with zero attached hydrogens (tertiary/aromatic N) is 1. The Hall–Kier alpha value is -2.36. The van der Waals surface area contributed by atoms with E-state index in [4.69, 9.17) is 0 Å². The predicted octanol–water partition coefficient (Wildman–Crippen LogP) is 4.66. The van der Waals surface area contributed by atoms with Crippen LogP contribution in [0.2, 0.25) is 0 Å². The van der Waals surface area contributed by atoms with Gasteiger partial charge < -0.3 is 10.6 Å². The van der Waals surface area contributed by atoms with Gasteiger partial charge in [-0.2, -0.15) is 0 Å². The monoisotopic (exact) mass is 325 g/mol. The zero-order valence-electron chi connectivity index (χ0n) is 15.0. The van der Waals surface area contributed by atoms with E-state index in [0.717, 1.165) is 42.0 Å². The van der Waals surface area contributed by atoms with E-state index in [0.29, 0.717) is 11.5 Å². The van der Waals surface area contributed by atoms with E-state index in [1.165, 1.54) is 0 Å². The van der Waals surface area contributed by atoms with Gasteiger partial charge in [0.1, 0.15) is 5.82 Å². The van der Waals surface area contributed by atoms with Crippen molar-refractivity contribution in [3.63, 3.8) is 0 Å². The Morgan fingerprint density at radius 2 is 2.00 bits per heavy atom. The minimum absolute atomic E-state index is 0.125. The van der Waals surface area contributed by atoms with Gasteiger partial charge in [-0.15, -0.1) is 0 Å². The first kappa shape index (κ1) is 18.0. The van der Waals surface area contributed by atoms with Gasteiger partial charge in [0.2, 0.25) is 0 Å². The van der Waals surface area contributed by atoms with Crippen LogP contribution in [0.3, 0.4) is 0 Å². The van der Waals surface area contributed by atoms with Crippen molar-refractivity contribution in [1.82, 2.24) is 4.98 Å². The highest BCUT2D eigenvalue weighted by Gasteiger charge is 2.11. The van der Waals surface area contributed by atoms with E-state index in [2.05, 4.69) is 36.4 Å². The number of carbonyl (C=O) groups is 1. The molecule has 4 nitrogen and oxygen atoms in total. The molecule has 0 spiro atoms. The molecule has 2 rings (SSSR count). The number of pyridine rings is 1. The third-order valence-electron chi connectivity index (χ3n) is 4.03. The fourth-order valence-electron chi connectivity index (χ4n) is 2.51. The van der Waals surface area contributed by atoms with E-state index in [1.54, 1.807) is 6.20 Å². The molecule has 0 radical (unpaired) electrons. The van der Waals surface area contributed by atoms with Crippen molar-refractivity contribution in [1.29, 1.82) is 0 Å². The van der Waals surface area contributed by atoms with Gasteiger partial charge in [-0.3, -0.25) is 4.79 Å². The molecule has 1 aromatic heterocycles. The molecule has 0 atom stereocenters. The SMILES string of the molecule is CCc1cccc(C)c1NC(=O)c1ccc(NCCC(C)C)nc1. The van der Waals surface area contributed by atoms with Crippen LogP contribution in [0.5, 0.6) is 0 Å². The maximum Gasteiger partial charge on any atom is 0.257 e. The number of hydrogen-bond acceptors (Lipinski definition) is 3. The van der Waals surface area contributed by atoms with Crippen LogP contribution in [-0.4, -0.2) is 17.4 Å². The molecular formula is C20H27N3O. The number of anilines is 2. The zero-order chi connectivity index (χ0) is 17.5. The largest absolute Gasteiger partial charge is 0.370 e. The summed E-state index contributed by atoms with van der Waals surface area (Å²) in [6.07, 6.45) is 3.60. The number of para-hydroxylation sites is 1. The van der Waals surface area contributed by atoms with Crippen molar-refractivity contribution < 1.29 is 4.79 Å². The van der Waals surface area contributed by atoms with Crippen LogP contribution in [0.25, 0.3) is 0 Å². The Labute approximate surface area is 144 Å². The Kier molecular flexibility index (Phi) is 6.36. The van der Waals surface area contributed by atoms with Crippen molar-refractivity contribution in [2.45, 2.75) is 40.5 Å². The Balaban J connectivity index is 2.03. The first-order valence-corrected chi connectivity index (χ1v) is 8.61. The van der Waals surface area contributed by atoms with Crippen molar-refractivity contribution in [2.24, 2.45) is 5.92 Å². The van der Waals surface area contributed by atoms with Gasteiger partial charge in [-0.05, 0) is 48.9 Å². The quantitative estimate of drug-likeness (QED) is 0.778. The molecule has 24 heavy (non-hydrogen) atoms. The van der Waals surface area contributed by atoms with Gasteiger partial charge >= 0.3 is 0 Å². The molecule has 0 aliphatic rings. The van der Waals surface area contributed by atoms with Gasteiger partial charge in [0.05, 0.1) is 5.56 Å². The second-order valence-electron chi connectivity index (χ2n) is 6.46. The van der Waals surface area contributed by atoms with E-state index >= 15 is 0 Å². The van der Waals surface area contributed by atoms with E-state index in [1.807, 2.05) is 37.3 Å². The van der Waals surface area contributed by atoms with Gasteiger partial charge in [0.25, 0.3) is 5.91 Å². The molecule has 0 saturated carbocycles. The number of rotatable bonds is 7. The zero-order valence-corrected chi connectivity index (χ0v) is 15.0. The number of hydrogen-bond donors (Lipinski definition) is 2. The molecule has 0 fully saturated rings. The molecule has 2 N–H and O–H groups in total. The topological polar surface area (TPSA) is 54.0 Å². The maximum atomic E-state index is 12.5. The summed E-state index contributed by atoms with van der Waals surface area (Å²) in [4.78, 5) is 16.8. The van der Waals surface area contributed by atoms with Crippen LogP contribution in [0, 0.1) is 12.8 Å². The second kappa shape index (κ2) is 8.48. The summed E-state index contributed by atoms with van der Waals surface area (Å²) in [6, 6.07) is 9.73. The molecule has 1 amide bonds. The van der Waals surface area contributed by atoms with Gasteiger partial charge in [0.15, 0.2) is 0 Å². The summed E-state index contributed by atoms with van der Waals surface area (Å²) in [7, 11) is 0. The fraction of sp³-hybridized carbons (Fsp3) is 0.400. The van der Waals surface area contributed by atoms with Crippen LogP contribution >= 0.6 is 0 Å². The number of aryl methyl sites for hydroxylation is 2. The average Bonchev–Trinajstić information content (AvgIpc) is 2.57. The molecule has 1 heterocycles. The van der Waals surface area contributed by atoms with Crippen molar-refractivity contribution >= 4 is 17.4 Å². The van der Waals surface area contributed by atoms with Crippen LogP contribution < -0.4 is 10.6 Å². The lowest BCUT2D eigenvalue weighted by Gasteiger charge is -2.13. The highest BCUT2D eigenvalue weighted by Crippen LogP contribution is 2.22. The normalized spacial score (nSPS) is 10.7. The third-order valence-corrected chi connectivity index (χ3v) is 4.03. The van der Waals surface area contributed by atoms with Crippen LogP contribution in [-0.2, 0) is 6.42 Å². The van der Waals surface area contributed by atoms with E-state index in [-0.39, 0.29) is 5.91 Å². The summed E-state index contributed by atoms with van der Waals surface area (Å²) in [5.74, 6) is 1.34. The maximum absolute atomic E-state index is 12.5. The van der Waals surface area contributed by atoms with Gasteiger partial charge in [0, 0.05) is 18.4 Å². The molecule has 0 aliphatic carbocycles. The summed E-state index contributed by atoms with van der Waals surface area (Å²) >= 11 is 0. The van der Waals surface area contributed by atoms with Gasteiger partial charge in [-0.25, -0.2) is 4.98 Å². The molecular weight excluding hydrogens is 298 g/mol. The lowest BCUT2D eigenvalue weighted by Crippen LogP contribution is -2.15. The van der Waals surface area contributed by atoms with Crippen molar-refractivity contribution in [3.05, 3.63) is 53.2 Å². The molecule has 0 saturated heterocycles. The second-order valence-corrected chi connectivity index (χ2v) is 6.46. The van der Waals surface area contributed by atoms with Crippen LogP contribution in [0.4, 0.5) is 11.5 Å². The lowest BCUT2D eigenvalue weighted by molar-refractivity contribution is 0.102. The summed E-state index contributed by atoms with van der Waals surface area (Å²) in [6.45, 7) is 9.37. The third kappa shape index (κ3) is 4.82. The van der Waals surface area contributed by atoms with Crippen molar-refractivity contribution in [3.8, 4) is 0 Å². The standard InChI is InChI=1S/C20H27N3O/c1-5-16-8-6-7-15(4)19(16)23-20(24)17-9-10-18(22-13-17)21-12-11-14(2)3/h6-10,13-14H,5,11-12H2,1-4H3,(H,21,22)(H,23,24). The number of carbonyl (C=O) groups excluding carboxylic acids is 1. The fourth-order valence-corrected chi connectivity index (χ4v) is 2.51. The summed E-state index contributed by atoms with van der Waals surface area (Å²) < 4.78 is 0. The Bertz CT molecular complexity index is 678. The minimum atomic E-state index is -0.125. The highest BCUT2D eigenvalue weighted by molar-refractivity contribution is 6.05. The molecule has 2 aromatic rings. The van der Waals surface area contributed by atoms with E-state index < -0.39 is 0 Å².